The largest absolute Gasteiger partial charge is 0.573 e. The van der Waals surface area contributed by atoms with E-state index < -0.39 is 12.3 Å². The van der Waals surface area contributed by atoms with Gasteiger partial charge in [0.2, 0.25) is 0 Å². The number of carbonyl (C=O) groups is 1. The van der Waals surface area contributed by atoms with Crippen molar-refractivity contribution >= 4 is 11.9 Å². The number of hydrogen-bond donors (Lipinski definition) is 2. The van der Waals surface area contributed by atoms with Crippen molar-refractivity contribution in [2.75, 3.05) is 5.32 Å². The van der Waals surface area contributed by atoms with Crippen LogP contribution in [0.25, 0.3) is 22.6 Å². The van der Waals surface area contributed by atoms with Crippen LogP contribution in [0.15, 0.2) is 79.0 Å². The topological polar surface area (TPSA) is 124 Å². The van der Waals surface area contributed by atoms with Gasteiger partial charge >= 0.3 is 6.36 Å². The van der Waals surface area contributed by atoms with Crippen molar-refractivity contribution in [2.45, 2.75) is 12.9 Å². The summed E-state index contributed by atoms with van der Waals surface area (Å²) in [5.41, 5.74) is 3.78. The molecule has 0 aliphatic heterocycles. The molecule has 0 aliphatic rings. The number of aromatic nitrogens is 7. The van der Waals surface area contributed by atoms with Gasteiger partial charge in [-0.1, -0.05) is 23.3 Å². The van der Waals surface area contributed by atoms with E-state index in [1.165, 1.54) is 24.3 Å². The molecular weight excluding hydrogens is 489 g/mol. The summed E-state index contributed by atoms with van der Waals surface area (Å²) in [6, 6.07) is 19.7. The number of nitrogens with one attached hydrogen (secondary N) is 2. The predicted molar refractivity (Wildman–Crippen MR) is 125 cm³/mol. The lowest BCUT2D eigenvalue weighted by Crippen LogP contribution is -2.17. The van der Waals surface area contributed by atoms with E-state index >= 15 is 0 Å². The van der Waals surface area contributed by atoms with E-state index in [1.54, 1.807) is 41.2 Å². The molecule has 5 rings (SSSR count). The minimum atomic E-state index is -4.77. The summed E-state index contributed by atoms with van der Waals surface area (Å²) < 4.78 is 43.4. The fraction of sp³-hybridized carbons (Fsp3) is 0.0833. The highest BCUT2D eigenvalue weighted by Gasteiger charge is 2.31. The summed E-state index contributed by atoms with van der Waals surface area (Å²) in [5.74, 6) is -0.655. The van der Waals surface area contributed by atoms with Gasteiger partial charge in [-0.05, 0) is 65.4 Å². The maximum Gasteiger partial charge on any atom is 0.573 e. The second kappa shape index (κ2) is 9.89. The van der Waals surface area contributed by atoms with E-state index in [0.717, 1.165) is 5.56 Å². The molecule has 5 aromatic rings. The predicted octanol–water partition coefficient (Wildman–Crippen LogP) is 4.32. The molecule has 2 N–H and O–H groups in total. The zero-order valence-corrected chi connectivity index (χ0v) is 18.8. The molecule has 3 aromatic heterocycles. The number of anilines is 1. The molecule has 0 spiro atoms. The third-order valence-corrected chi connectivity index (χ3v) is 5.21. The highest BCUT2D eigenvalue weighted by atomic mass is 19.4. The van der Waals surface area contributed by atoms with Crippen LogP contribution in [-0.2, 0) is 6.54 Å². The molecular formula is C24H17F3N8O2. The van der Waals surface area contributed by atoms with Gasteiger partial charge in [0.1, 0.15) is 11.4 Å². The van der Waals surface area contributed by atoms with Gasteiger partial charge in [0.15, 0.2) is 0 Å². The number of alkyl halides is 3. The normalized spacial score (nSPS) is 11.3. The average Bonchev–Trinajstić information content (AvgIpc) is 3.55. The molecule has 37 heavy (non-hydrogen) atoms. The van der Waals surface area contributed by atoms with E-state index in [9.17, 15) is 18.0 Å². The number of halogens is 3. The molecule has 13 heteroatoms. The number of benzene rings is 2. The molecule has 0 saturated heterocycles. The molecule has 0 bridgehead atoms. The Hall–Kier alpha value is -5.07. The van der Waals surface area contributed by atoms with Crippen LogP contribution in [-0.4, -0.2) is 47.7 Å². The molecule has 10 nitrogen and oxygen atoms in total. The number of tetrazole rings is 1. The van der Waals surface area contributed by atoms with Gasteiger partial charge in [-0.25, -0.2) is 0 Å². The Balaban J connectivity index is 1.41. The molecule has 3 heterocycles. The summed E-state index contributed by atoms with van der Waals surface area (Å²) in [6.07, 6.45) is -3.13. The number of amides is 1. The van der Waals surface area contributed by atoms with Gasteiger partial charge in [-0.15, -0.1) is 18.3 Å². The molecule has 0 saturated carbocycles. The Labute approximate surface area is 207 Å². The van der Waals surface area contributed by atoms with Crippen molar-refractivity contribution in [1.82, 2.24) is 35.4 Å². The number of hydrogen-bond acceptors (Lipinski definition) is 7. The summed E-state index contributed by atoms with van der Waals surface area (Å²) in [4.78, 5) is 16.7. The lowest BCUT2D eigenvalue weighted by atomic mass is 10.1. The highest BCUT2D eigenvalue weighted by molar-refractivity contribution is 6.03. The van der Waals surface area contributed by atoms with Gasteiger partial charge in [0, 0.05) is 17.3 Å². The van der Waals surface area contributed by atoms with Crippen molar-refractivity contribution in [3.8, 4) is 28.4 Å². The number of ether oxygens (including phenoxy) is 1. The van der Waals surface area contributed by atoms with E-state index in [2.05, 4.69) is 40.8 Å². The zero-order valence-electron chi connectivity index (χ0n) is 18.8. The first-order valence-electron chi connectivity index (χ1n) is 10.8. The Morgan fingerprint density at radius 2 is 1.78 bits per heavy atom. The Kier molecular flexibility index (Phi) is 6.32. The summed E-state index contributed by atoms with van der Waals surface area (Å²) >= 11 is 0. The minimum Gasteiger partial charge on any atom is -0.406 e. The van der Waals surface area contributed by atoms with E-state index in [1.807, 2.05) is 18.2 Å². The third-order valence-electron chi connectivity index (χ3n) is 5.21. The third kappa shape index (κ3) is 5.78. The van der Waals surface area contributed by atoms with Crippen LogP contribution < -0.4 is 10.1 Å². The molecule has 186 valence electrons. The summed E-state index contributed by atoms with van der Waals surface area (Å²) in [6.45, 7) is 0.329. The SMILES string of the molecule is O=C(Nc1nn[nH]n1)c1ccc(Cn2nc(-c3ccccn3)cc2-c2ccc(OC(F)(F)F)cc2)cc1. The number of pyridine rings is 1. The number of rotatable bonds is 7. The molecule has 0 fully saturated rings. The second-order valence-electron chi connectivity index (χ2n) is 7.75. The second-order valence-corrected chi connectivity index (χ2v) is 7.75. The fourth-order valence-electron chi connectivity index (χ4n) is 3.56. The minimum absolute atomic E-state index is 0.0592. The van der Waals surface area contributed by atoms with Crippen LogP contribution in [0.3, 0.4) is 0 Å². The molecule has 2 aromatic carbocycles. The first-order valence-corrected chi connectivity index (χ1v) is 10.8. The molecule has 0 unspecified atom stereocenters. The van der Waals surface area contributed by atoms with Gasteiger partial charge in [0.05, 0.1) is 17.9 Å². The number of aromatic amines is 1. The van der Waals surface area contributed by atoms with Gasteiger partial charge < -0.3 is 4.74 Å². The Morgan fingerprint density at radius 1 is 1.00 bits per heavy atom. The van der Waals surface area contributed by atoms with Crippen LogP contribution in [0, 0.1) is 0 Å². The van der Waals surface area contributed by atoms with Crippen LogP contribution >= 0.6 is 0 Å². The highest BCUT2D eigenvalue weighted by Crippen LogP contribution is 2.29. The number of nitrogens with zero attached hydrogens (tertiary/aromatic N) is 6. The van der Waals surface area contributed by atoms with Gasteiger partial charge in [-0.2, -0.15) is 10.3 Å². The Bertz CT molecular complexity index is 1480. The van der Waals surface area contributed by atoms with Crippen LogP contribution in [0.5, 0.6) is 5.75 Å². The average molecular weight is 506 g/mol. The molecule has 0 aliphatic carbocycles. The lowest BCUT2D eigenvalue weighted by molar-refractivity contribution is -0.274. The van der Waals surface area contributed by atoms with Crippen LogP contribution in [0.4, 0.5) is 19.1 Å². The standard InChI is InChI=1S/C24H17F3N8O2/c25-24(26,27)37-18-10-8-16(9-11-18)21-13-20(19-3-1-2-12-28-19)32-35(21)14-15-4-6-17(7-5-15)22(36)29-23-30-33-34-31-23/h1-13H,14H2,(H2,29,30,31,33,34,36). The van der Waals surface area contributed by atoms with Gasteiger partial charge in [-0.3, -0.25) is 19.8 Å². The van der Waals surface area contributed by atoms with Crippen molar-refractivity contribution in [3.63, 3.8) is 0 Å². The maximum absolute atomic E-state index is 12.6. The lowest BCUT2D eigenvalue weighted by Gasteiger charge is -2.11. The van der Waals surface area contributed by atoms with Crippen molar-refractivity contribution in [3.05, 3.63) is 90.1 Å². The van der Waals surface area contributed by atoms with E-state index in [-0.39, 0.29) is 11.7 Å². The molecule has 0 radical (unpaired) electrons. The number of H-pyrrole nitrogens is 1. The van der Waals surface area contributed by atoms with Gasteiger partial charge in [0.25, 0.3) is 11.9 Å². The van der Waals surface area contributed by atoms with Crippen molar-refractivity contribution < 1.29 is 22.7 Å². The zero-order chi connectivity index (χ0) is 25.8. The van der Waals surface area contributed by atoms with Crippen LogP contribution in [0.2, 0.25) is 0 Å². The smallest absolute Gasteiger partial charge is 0.406 e. The van der Waals surface area contributed by atoms with E-state index in [0.29, 0.717) is 34.8 Å². The molecule has 0 atom stereocenters. The summed E-state index contributed by atoms with van der Waals surface area (Å²) in [7, 11) is 0. The first kappa shape index (κ1) is 23.7. The van der Waals surface area contributed by atoms with Crippen LogP contribution in [0.1, 0.15) is 15.9 Å². The first-order chi connectivity index (χ1) is 17.8. The van der Waals surface area contributed by atoms with Crippen molar-refractivity contribution in [1.29, 1.82) is 0 Å². The van der Waals surface area contributed by atoms with E-state index in [4.69, 9.17) is 0 Å². The number of carbonyl (C=O) groups excluding carboxylic acids is 1. The fourth-order valence-corrected chi connectivity index (χ4v) is 3.56. The quantitative estimate of drug-likeness (QED) is 0.337. The monoisotopic (exact) mass is 506 g/mol. The van der Waals surface area contributed by atoms with Crippen molar-refractivity contribution in [2.24, 2.45) is 0 Å². The molecule has 1 amide bonds. The Morgan fingerprint density at radius 3 is 2.43 bits per heavy atom. The summed E-state index contributed by atoms with van der Waals surface area (Å²) in [5, 5.41) is 20.2. The maximum atomic E-state index is 12.6.